The second-order valence-electron chi connectivity index (χ2n) is 4.86. The van der Waals surface area contributed by atoms with E-state index in [4.69, 9.17) is 5.73 Å². The zero-order valence-corrected chi connectivity index (χ0v) is 11.2. The molecule has 0 radical (unpaired) electrons. The van der Waals surface area contributed by atoms with Gasteiger partial charge in [0.1, 0.15) is 12.0 Å². The molecule has 20 heavy (non-hydrogen) atoms. The van der Waals surface area contributed by atoms with Crippen LogP contribution in [0.1, 0.15) is 13.3 Å². The first kappa shape index (κ1) is 14.2. The zero-order chi connectivity index (χ0) is 14.7. The topological polar surface area (TPSA) is 114 Å². The highest BCUT2D eigenvalue weighted by atomic mass is 16.6. The molecule has 2 rings (SSSR count). The SMILES string of the molecule is CC(N)C(=O)N1CCC(Nc2ccc([N+](=O)[O-])cn2)C1. The number of carbonyl (C=O) groups is 1. The third kappa shape index (κ3) is 3.21. The molecular formula is C12H17N5O3. The summed E-state index contributed by atoms with van der Waals surface area (Å²) in [6.45, 7) is 2.89. The minimum atomic E-state index is -0.494. The van der Waals surface area contributed by atoms with Gasteiger partial charge in [0.15, 0.2) is 0 Å². The van der Waals surface area contributed by atoms with Crippen molar-refractivity contribution in [3.63, 3.8) is 0 Å². The Bertz CT molecular complexity index is 502. The molecule has 0 spiro atoms. The second-order valence-corrected chi connectivity index (χ2v) is 4.86. The van der Waals surface area contributed by atoms with E-state index in [2.05, 4.69) is 10.3 Å². The second kappa shape index (κ2) is 5.83. The van der Waals surface area contributed by atoms with Crippen LogP contribution < -0.4 is 11.1 Å². The monoisotopic (exact) mass is 279 g/mol. The van der Waals surface area contributed by atoms with Crippen LogP contribution in [0.4, 0.5) is 11.5 Å². The number of carbonyl (C=O) groups excluding carboxylic acids is 1. The Kier molecular flexibility index (Phi) is 4.14. The van der Waals surface area contributed by atoms with Crippen molar-refractivity contribution in [2.45, 2.75) is 25.4 Å². The van der Waals surface area contributed by atoms with E-state index in [1.54, 1.807) is 17.9 Å². The fourth-order valence-corrected chi connectivity index (χ4v) is 2.15. The van der Waals surface area contributed by atoms with Gasteiger partial charge < -0.3 is 16.0 Å². The van der Waals surface area contributed by atoms with Gasteiger partial charge in [-0.25, -0.2) is 4.98 Å². The summed E-state index contributed by atoms with van der Waals surface area (Å²) in [7, 11) is 0. The van der Waals surface area contributed by atoms with E-state index in [0.29, 0.717) is 18.9 Å². The summed E-state index contributed by atoms with van der Waals surface area (Å²) in [5.74, 6) is 0.502. The third-order valence-electron chi connectivity index (χ3n) is 3.20. The van der Waals surface area contributed by atoms with Crippen LogP contribution in [0.25, 0.3) is 0 Å². The number of nitrogens with zero attached hydrogens (tertiary/aromatic N) is 3. The summed E-state index contributed by atoms with van der Waals surface area (Å²) < 4.78 is 0. The number of nitro groups is 1. The van der Waals surface area contributed by atoms with Crippen molar-refractivity contribution >= 4 is 17.4 Å². The van der Waals surface area contributed by atoms with Crippen molar-refractivity contribution in [1.29, 1.82) is 0 Å². The van der Waals surface area contributed by atoms with Gasteiger partial charge in [0, 0.05) is 25.2 Å². The van der Waals surface area contributed by atoms with E-state index >= 15 is 0 Å². The molecule has 0 saturated carbocycles. The first-order chi connectivity index (χ1) is 9.47. The van der Waals surface area contributed by atoms with Crippen molar-refractivity contribution in [1.82, 2.24) is 9.88 Å². The van der Waals surface area contributed by atoms with Gasteiger partial charge >= 0.3 is 0 Å². The molecule has 3 N–H and O–H groups in total. The third-order valence-corrected chi connectivity index (χ3v) is 3.20. The van der Waals surface area contributed by atoms with Gasteiger partial charge in [-0.2, -0.15) is 0 Å². The first-order valence-corrected chi connectivity index (χ1v) is 6.38. The number of likely N-dealkylation sites (tertiary alicyclic amines) is 1. The Balaban J connectivity index is 1.92. The van der Waals surface area contributed by atoms with Gasteiger partial charge in [0.2, 0.25) is 5.91 Å². The largest absolute Gasteiger partial charge is 0.365 e. The fraction of sp³-hybridized carbons (Fsp3) is 0.500. The molecule has 1 saturated heterocycles. The lowest BCUT2D eigenvalue weighted by Crippen LogP contribution is -2.41. The zero-order valence-electron chi connectivity index (χ0n) is 11.2. The van der Waals surface area contributed by atoms with Crippen LogP contribution in [-0.4, -0.2) is 45.9 Å². The maximum Gasteiger partial charge on any atom is 0.287 e. The summed E-state index contributed by atoms with van der Waals surface area (Å²) in [5.41, 5.74) is 5.53. The lowest BCUT2D eigenvalue weighted by atomic mass is 10.2. The minimum absolute atomic E-state index is 0.0456. The predicted octanol–water partition coefficient (Wildman–Crippen LogP) is 0.350. The Morgan fingerprint density at radius 3 is 2.95 bits per heavy atom. The number of nitrogens with one attached hydrogen (secondary N) is 1. The quantitative estimate of drug-likeness (QED) is 0.607. The maximum atomic E-state index is 11.7. The van der Waals surface area contributed by atoms with Gasteiger partial charge in [-0.05, 0) is 19.4 Å². The number of hydrogen-bond acceptors (Lipinski definition) is 6. The van der Waals surface area contributed by atoms with Crippen molar-refractivity contribution < 1.29 is 9.72 Å². The lowest BCUT2D eigenvalue weighted by Gasteiger charge is -2.19. The first-order valence-electron chi connectivity index (χ1n) is 6.38. The lowest BCUT2D eigenvalue weighted by molar-refractivity contribution is -0.385. The number of rotatable bonds is 4. The van der Waals surface area contributed by atoms with E-state index in [1.807, 2.05) is 0 Å². The van der Waals surface area contributed by atoms with Gasteiger partial charge in [-0.15, -0.1) is 0 Å². The predicted molar refractivity (Wildman–Crippen MR) is 73.1 cm³/mol. The van der Waals surface area contributed by atoms with Crippen molar-refractivity contribution in [2.24, 2.45) is 5.73 Å². The van der Waals surface area contributed by atoms with Gasteiger partial charge in [0.25, 0.3) is 5.69 Å². The molecule has 2 heterocycles. The Morgan fingerprint density at radius 2 is 2.40 bits per heavy atom. The van der Waals surface area contributed by atoms with Crippen LogP contribution in [0.5, 0.6) is 0 Å². The number of nitrogens with two attached hydrogens (primary N) is 1. The van der Waals surface area contributed by atoms with Crippen LogP contribution in [0.15, 0.2) is 18.3 Å². The van der Waals surface area contributed by atoms with E-state index in [1.165, 1.54) is 12.3 Å². The molecule has 0 aliphatic carbocycles. The summed E-state index contributed by atoms with van der Waals surface area (Å²) in [6.07, 6.45) is 2.01. The van der Waals surface area contributed by atoms with Gasteiger partial charge in [-0.3, -0.25) is 14.9 Å². The standard InChI is InChI=1S/C12H17N5O3/c1-8(13)12(18)16-5-4-9(7-16)15-11-3-2-10(6-14-11)17(19)20/h2-3,6,8-9H,4-5,7,13H2,1H3,(H,14,15). The molecule has 1 amide bonds. The number of anilines is 1. The summed E-state index contributed by atoms with van der Waals surface area (Å²) >= 11 is 0. The van der Waals surface area contributed by atoms with Crippen LogP contribution in [0, 0.1) is 10.1 Å². The fourth-order valence-electron chi connectivity index (χ4n) is 2.15. The molecule has 1 aromatic rings. The highest BCUT2D eigenvalue weighted by Crippen LogP contribution is 2.17. The Hall–Kier alpha value is -2.22. The molecule has 108 valence electrons. The molecule has 2 atom stereocenters. The molecule has 0 aromatic carbocycles. The van der Waals surface area contributed by atoms with E-state index in [-0.39, 0.29) is 17.6 Å². The van der Waals surface area contributed by atoms with E-state index < -0.39 is 11.0 Å². The van der Waals surface area contributed by atoms with E-state index in [0.717, 1.165) is 6.42 Å². The minimum Gasteiger partial charge on any atom is -0.365 e. The number of pyridine rings is 1. The molecule has 8 nitrogen and oxygen atoms in total. The average Bonchev–Trinajstić information content (AvgIpc) is 2.86. The summed E-state index contributed by atoms with van der Waals surface area (Å²) in [5, 5.41) is 13.7. The normalized spacial score (nSPS) is 19.7. The molecule has 1 aromatic heterocycles. The Morgan fingerprint density at radius 1 is 1.65 bits per heavy atom. The van der Waals surface area contributed by atoms with Crippen LogP contribution >= 0.6 is 0 Å². The molecule has 1 fully saturated rings. The van der Waals surface area contributed by atoms with Crippen LogP contribution in [0.3, 0.4) is 0 Å². The highest BCUT2D eigenvalue weighted by Gasteiger charge is 2.27. The molecule has 0 bridgehead atoms. The number of aromatic nitrogens is 1. The molecule has 8 heteroatoms. The highest BCUT2D eigenvalue weighted by molar-refractivity contribution is 5.81. The maximum absolute atomic E-state index is 11.7. The van der Waals surface area contributed by atoms with Crippen molar-refractivity contribution in [2.75, 3.05) is 18.4 Å². The van der Waals surface area contributed by atoms with Crippen LogP contribution in [-0.2, 0) is 4.79 Å². The molecular weight excluding hydrogens is 262 g/mol. The summed E-state index contributed by atoms with van der Waals surface area (Å²) in [6, 6.07) is 2.56. The molecule has 1 aliphatic heterocycles. The Labute approximate surface area is 116 Å². The summed E-state index contributed by atoms with van der Waals surface area (Å²) in [4.78, 5) is 27.5. The smallest absolute Gasteiger partial charge is 0.287 e. The molecule has 1 aliphatic rings. The van der Waals surface area contributed by atoms with Crippen molar-refractivity contribution in [3.8, 4) is 0 Å². The van der Waals surface area contributed by atoms with E-state index in [9.17, 15) is 14.9 Å². The van der Waals surface area contributed by atoms with Gasteiger partial charge in [-0.1, -0.05) is 0 Å². The molecule has 2 unspecified atom stereocenters. The van der Waals surface area contributed by atoms with Crippen molar-refractivity contribution in [3.05, 3.63) is 28.4 Å². The number of amides is 1. The number of hydrogen-bond donors (Lipinski definition) is 2. The van der Waals surface area contributed by atoms with Gasteiger partial charge in [0.05, 0.1) is 11.0 Å². The van der Waals surface area contributed by atoms with Crippen LogP contribution in [0.2, 0.25) is 0 Å². The average molecular weight is 279 g/mol.